The number of nitrogens with one attached hydrogen (secondary N) is 1. The Bertz CT molecular complexity index is 1040. The molecule has 6 nitrogen and oxygen atoms in total. The van der Waals surface area contributed by atoms with Gasteiger partial charge in [-0.15, -0.1) is 13.2 Å². The molecule has 170 valence electrons. The predicted octanol–water partition coefficient (Wildman–Crippen LogP) is 4.76. The van der Waals surface area contributed by atoms with Crippen LogP contribution in [-0.2, 0) is 10.0 Å². The van der Waals surface area contributed by atoms with Crippen LogP contribution in [0.3, 0.4) is 0 Å². The summed E-state index contributed by atoms with van der Waals surface area (Å²) in [5.41, 5.74) is 0.478. The zero-order valence-electron chi connectivity index (χ0n) is 17.2. The van der Waals surface area contributed by atoms with Crippen LogP contribution in [0.4, 0.5) is 13.2 Å². The van der Waals surface area contributed by atoms with Gasteiger partial charge in [-0.25, -0.2) is 8.42 Å². The first-order valence-corrected chi connectivity index (χ1v) is 11.0. The maximum atomic E-state index is 12.7. The molecule has 2 aromatic carbocycles. The van der Waals surface area contributed by atoms with E-state index in [-0.39, 0.29) is 27.3 Å². The van der Waals surface area contributed by atoms with Gasteiger partial charge in [0, 0.05) is 13.1 Å². The number of rotatable bonds is 7. The van der Waals surface area contributed by atoms with Crippen LogP contribution < -0.4 is 10.1 Å². The first-order valence-electron chi connectivity index (χ1n) is 9.16. The molecule has 1 N–H and O–H groups in total. The van der Waals surface area contributed by atoms with Gasteiger partial charge in [0.05, 0.1) is 21.5 Å². The summed E-state index contributed by atoms with van der Waals surface area (Å²) in [5.74, 6) is -1.01. The quantitative estimate of drug-likeness (QED) is 0.622. The normalized spacial score (nSPS) is 13.4. The Morgan fingerprint density at radius 2 is 1.68 bits per heavy atom. The highest BCUT2D eigenvalue weighted by atomic mass is 35.5. The number of nitrogens with zero attached hydrogens (tertiary/aromatic N) is 1. The molecule has 2 aromatic rings. The average molecular weight is 479 g/mol. The monoisotopic (exact) mass is 478 g/mol. The Labute approximate surface area is 184 Å². The first-order chi connectivity index (χ1) is 14.2. The Morgan fingerprint density at radius 1 is 1.10 bits per heavy atom. The molecule has 0 aliphatic heterocycles. The number of amides is 1. The van der Waals surface area contributed by atoms with Gasteiger partial charge in [-0.1, -0.05) is 23.7 Å². The number of sulfonamides is 1. The molecule has 0 fully saturated rings. The van der Waals surface area contributed by atoms with Gasteiger partial charge >= 0.3 is 6.36 Å². The van der Waals surface area contributed by atoms with Crippen molar-refractivity contribution in [2.45, 2.75) is 44.1 Å². The minimum atomic E-state index is -4.80. The molecule has 0 aromatic heterocycles. The molecule has 1 amide bonds. The number of carbonyl (C=O) groups is 1. The van der Waals surface area contributed by atoms with E-state index >= 15 is 0 Å². The summed E-state index contributed by atoms with van der Waals surface area (Å²) in [6.07, 6.45) is -4.80. The third-order valence-electron chi connectivity index (χ3n) is 4.55. The second-order valence-electron chi connectivity index (χ2n) is 7.07. The third kappa shape index (κ3) is 6.34. The average Bonchev–Trinajstić information content (AvgIpc) is 2.66. The molecule has 0 spiro atoms. The summed E-state index contributed by atoms with van der Waals surface area (Å²) in [7, 11) is -2.39. The lowest BCUT2D eigenvalue weighted by Crippen LogP contribution is -2.33. The molecule has 1 atom stereocenters. The second-order valence-corrected chi connectivity index (χ2v) is 9.47. The number of hydrogen-bond donors (Lipinski definition) is 1. The number of alkyl halides is 3. The van der Waals surface area contributed by atoms with Crippen molar-refractivity contribution in [2.24, 2.45) is 0 Å². The smallest absolute Gasteiger partial charge is 0.406 e. The zero-order valence-corrected chi connectivity index (χ0v) is 18.8. The Kier molecular flexibility index (Phi) is 7.61. The number of hydrogen-bond acceptors (Lipinski definition) is 4. The standard InChI is InChI=1S/C20H22ClF3N2O4S/c1-12(2)26(4)31(28,29)16-9-10-18(21)17(11-16)19(27)25-13(3)14-5-7-15(8-6-14)30-20(22,23)24/h5-13H,1-4H3,(H,25,27). The summed E-state index contributed by atoms with van der Waals surface area (Å²) < 4.78 is 67.2. The van der Waals surface area contributed by atoms with Crippen molar-refractivity contribution >= 4 is 27.5 Å². The lowest BCUT2D eigenvalue weighted by atomic mass is 10.1. The van der Waals surface area contributed by atoms with E-state index in [9.17, 15) is 26.4 Å². The van der Waals surface area contributed by atoms with Crippen LogP contribution in [0.1, 0.15) is 42.7 Å². The largest absolute Gasteiger partial charge is 0.573 e. The fourth-order valence-electron chi connectivity index (χ4n) is 2.60. The van der Waals surface area contributed by atoms with Crippen LogP contribution in [0.5, 0.6) is 5.75 Å². The van der Waals surface area contributed by atoms with Crippen molar-refractivity contribution in [1.29, 1.82) is 0 Å². The Morgan fingerprint density at radius 3 is 2.19 bits per heavy atom. The topological polar surface area (TPSA) is 75.7 Å². The predicted molar refractivity (Wildman–Crippen MR) is 111 cm³/mol. The van der Waals surface area contributed by atoms with E-state index in [1.807, 2.05) is 0 Å². The number of halogens is 4. The van der Waals surface area contributed by atoms with Crippen molar-refractivity contribution in [1.82, 2.24) is 9.62 Å². The SMILES string of the molecule is CC(NC(=O)c1cc(S(=O)(=O)N(C)C(C)C)ccc1Cl)c1ccc(OC(F)(F)F)cc1. The van der Waals surface area contributed by atoms with Crippen LogP contribution >= 0.6 is 11.6 Å². The minimum Gasteiger partial charge on any atom is -0.406 e. The summed E-state index contributed by atoms with van der Waals surface area (Å²) in [6.45, 7) is 5.06. The van der Waals surface area contributed by atoms with Gasteiger partial charge < -0.3 is 10.1 Å². The molecule has 0 saturated carbocycles. The fraction of sp³-hybridized carbons (Fsp3) is 0.350. The van der Waals surface area contributed by atoms with Crippen LogP contribution in [0, 0.1) is 0 Å². The van der Waals surface area contributed by atoms with Crippen molar-refractivity contribution < 1.29 is 31.1 Å². The summed E-state index contributed by atoms with van der Waals surface area (Å²) in [4.78, 5) is 12.6. The van der Waals surface area contributed by atoms with Gasteiger partial charge in [0.25, 0.3) is 5.91 Å². The Balaban J connectivity index is 2.22. The van der Waals surface area contributed by atoms with Gasteiger partial charge in [0.15, 0.2) is 0 Å². The highest BCUT2D eigenvalue weighted by Crippen LogP contribution is 2.26. The maximum absolute atomic E-state index is 12.7. The second kappa shape index (κ2) is 9.46. The zero-order chi connectivity index (χ0) is 23.6. The lowest BCUT2D eigenvalue weighted by Gasteiger charge is -2.21. The molecule has 0 bridgehead atoms. The molecular weight excluding hydrogens is 457 g/mol. The summed E-state index contributed by atoms with van der Waals surface area (Å²) >= 11 is 6.10. The van der Waals surface area contributed by atoms with Crippen LogP contribution in [0.25, 0.3) is 0 Å². The van der Waals surface area contributed by atoms with Gasteiger partial charge in [-0.3, -0.25) is 4.79 Å². The lowest BCUT2D eigenvalue weighted by molar-refractivity contribution is -0.274. The third-order valence-corrected chi connectivity index (χ3v) is 6.91. The molecule has 2 rings (SSSR count). The molecule has 0 aliphatic rings. The van der Waals surface area contributed by atoms with E-state index in [1.54, 1.807) is 20.8 Å². The molecule has 31 heavy (non-hydrogen) atoms. The van der Waals surface area contributed by atoms with E-state index in [0.29, 0.717) is 5.56 Å². The van der Waals surface area contributed by atoms with Crippen molar-refractivity contribution in [3.8, 4) is 5.75 Å². The molecule has 1 unspecified atom stereocenters. The van der Waals surface area contributed by atoms with Gasteiger partial charge in [-0.05, 0) is 56.7 Å². The van der Waals surface area contributed by atoms with Crippen molar-refractivity contribution in [2.75, 3.05) is 7.05 Å². The van der Waals surface area contributed by atoms with Crippen molar-refractivity contribution in [3.63, 3.8) is 0 Å². The van der Waals surface area contributed by atoms with E-state index in [1.165, 1.54) is 41.7 Å². The number of ether oxygens (including phenoxy) is 1. The van der Waals surface area contributed by atoms with Crippen LogP contribution in [-0.4, -0.2) is 38.1 Å². The molecule has 0 radical (unpaired) electrons. The van der Waals surface area contributed by atoms with Crippen LogP contribution in [0.2, 0.25) is 5.02 Å². The summed E-state index contributed by atoms with van der Waals surface area (Å²) in [5, 5.41) is 2.72. The van der Waals surface area contributed by atoms with Gasteiger partial charge in [0.1, 0.15) is 5.75 Å². The van der Waals surface area contributed by atoms with Crippen molar-refractivity contribution in [3.05, 3.63) is 58.6 Å². The van der Waals surface area contributed by atoms with E-state index < -0.39 is 28.3 Å². The van der Waals surface area contributed by atoms with E-state index in [0.717, 1.165) is 12.1 Å². The molecule has 11 heteroatoms. The van der Waals surface area contributed by atoms with Crippen LogP contribution in [0.15, 0.2) is 47.4 Å². The molecule has 0 heterocycles. The summed E-state index contributed by atoms with van der Waals surface area (Å²) in [6, 6.07) is 7.98. The van der Waals surface area contributed by atoms with E-state index in [4.69, 9.17) is 11.6 Å². The van der Waals surface area contributed by atoms with Gasteiger partial charge in [-0.2, -0.15) is 4.31 Å². The first kappa shape index (κ1) is 25.0. The highest BCUT2D eigenvalue weighted by molar-refractivity contribution is 7.89. The molecular formula is C20H22ClF3N2O4S. The highest BCUT2D eigenvalue weighted by Gasteiger charge is 2.31. The number of carbonyl (C=O) groups excluding carboxylic acids is 1. The minimum absolute atomic E-state index is 0.0382. The van der Waals surface area contributed by atoms with Gasteiger partial charge in [0.2, 0.25) is 10.0 Å². The molecule has 0 aliphatic carbocycles. The number of benzene rings is 2. The molecule has 0 saturated heterocycles. The fourth-order valence-corrected chi connectivity index (χ4v) is 4.20. The Hall–Kier alpha value is -2.30. The van der Waals surface area contributed by atoms with E-state index in [2.05, 4.69) is 10.1 Å². The maximum Gasteiger partial charge on any atom is 0.573 e.